The second-order valence-corrected chi connectivity index (χ2v) is 4.90. The van der Waals surface area contributed by atoms with E-state index < -0.39 is 0 Å². The van der Waals surface area contributed by atoms with Gasteiger partial charge in [0, 0.05) is 49.0 Å². The van der Waals surface area contributed by atoms with Gasteiger partial charge in [-0.25, -0.2) is 0 Å². The number of hydrogen-bond acceptors (Lipinski definition) is 3. The van der Waals surface area contributed by atoms with Crippen LogP contribution in [0, 0.1) is 0 Å². The summed E-state index contributed by atoms with van der Waals surface area (Å²) in [5.74, 6) is 0. The Morgan fingerprint density at radius 1 is 1.22 bits per heavy atom. The highest BCUT2D eigenvalue weighted by atomic mass is 16.5. The minimum absolute atomic E-state index is 0.825. The number of benzene rings is 1. The maximum absolute atomic E-state index is 5.83. The average Bonchev–Trinajstić information content (AvgIpc) is 2.67. The maximum Gasteiger partial charge on any atom is 0.0594 e. The van der Waals surface area contributed by atoms with Gasteiger partial charge in [0.25, 0.3) is 0 Å². The molecule has 0 bridgehead atoms. The summed E-state index contributed by atoms with van der Waals surface area (Å²) >= 11 is 0. The molecule has 1 aliphatic heterocycles. The molecule has 0 aliphatic carbocycles. The average molecular weight is 245 g/mol. The Hall–Kier alpha value is -1.52. The molecular formula is C14H19N3O. The quantitative estimate of drug-likeness (QED) is 0.817. The number of rotatable bonds is 2. The molecule has 0 spiro atoms. The van der Waals surface area contributed by atoms with Crippen LogP contribution >= 0.6 is 0 Å². The molecule has 0 radical (unpaired) electrons. The van der Waals surface area contributed by atoms with Crippen molar-refractivity contribution in [2.24, 2.45) is 7.05 Å². The first-order valence-electron chi connectivity index (χ1n) is 6.38. The Kier molecular flexibility index (Phi) is 2.97. The van der Waals surface area contributed by atoms with E-state index in [1.165, 1.54) is 16.6 Å². The number of aryl methyl sites for hydroxylation is 1. The van der Waals surface area contributed by atoms with Crippen molar-refractivity contribution < 1.29 is 4.74 Å². The van der Waals surface area contributed by atoms with Gasteiger partial charge >= 0.3 is 0 Å². The fourth-order valence-corrected chi connectivity index (χ4v) is 2.57. The zero-order chi connectivity index (χ0) is 12.5. The summed E-state index contributed by atoms with van der Waals surface area (Å²) in [5, 5.41) is 1.22. The minimum Gasteiger partial charge on any atom is -0.399 e. The number of morpholine rings is 1. The number of aromatic nitrogens is 1. The van der Waals surface area contributed by atoms with E-state index in [1.54, 1.807) is 0 Å². The lowest BCUT2D eigenvalue weighted by Gasteiger charge is -2.26. The number of anilines is 1. The van der Waals surface area contributed by atoms with Crippen molar-refractivity contribution in [3.05, 3.63) is 30.0 Å². The third kappa shape index (κ3) is 2.09. The van der Waals surface area contributed by atoms with Crippen LogP contribution in [-0.4, -0.2) is 35.8 Å². The van der Waals surface area contributed by atoms with E-state index >= 15 is 0 Å². The fraction of sp³-hybridized carbons (Fsp3) is 0.429. The van der Waals surface area contributed by atoms with Gasteiger partial charge in [-0.2, -0.15) is 0 Å². The largest absolute Gasteiger partial charge is 0.399 e. The molecule has 1 fully saturated rings. The van der Waals surface area contributed by atoms with Crippen LogP contribution < -0.4 is 5.73 Å². The standard InChI is InChI=1S/C14H19N3O/c1-16-13(10-17-4-6-18-7-5-17)9-11-8-12(15)2-3-14(11)16/h2-3,8-9H,4-7,10,15H2,1H3. The molecule has 3 rings (SSSR count). The molecule has 2 heterocycles. The van der Waals surface area contributed by atoms with Crippen LogP contribution in [0.2, 0.25) is 0 Å². The molecule has 1 aliphatic rings. The third-order valence-corrected chi connectivity index (χ3v) is 3.66. The number of nitrogens with zero attached hydrogens (tertiary/aromatic N) is 2. The predicted octanol–water partition coefficient (Wildman–Crippen LogP) is 1.59. The number of nitrogen functional groups attached to an aromatic ring is 1. The SMILES string of the molecule is Cn1c(CN2CCOCC2)cc2cc(N)ccc21. The Labute approximate surface area is 107 Å². The van der Waals surface area contributed by atoms with E-state index in [0.29, 0.717) is 0 Å². The van der Waals surface area contributed by atoms with Crippen LogP contribution in [0.3, 0.4) is 0 Å². The van der Waals surface area contributed by atoms with Gasteiger partial charge in [0.05, 0.1) is 13.2 Å². The minimum atomic E-state index is 0.825. The van der Waals surface area contributed by atoms with Gasteiger partial charge in [-0.15, -0.1) is 0 Å². The monoisotopic (exact) mass is 245 g/mol. The maximum atomic E-state index is 5.83. The lowest BCUT2D eigenvalue weighted by atomic mass is 10.2. The summed E-state index contributed by atoms with van der Waals surface area (Å²) in [7, 11) is 2.12. The third-order valence-electron chi connectivity index (χ3n) is 3.66. The normalized spacial score (nSPS) is 17.4. The van der Waals surface area contributed by atoms with Crippen LogP contribution in [0.5, 0.6) is 0 Å². The van der Waals surface area contributed by atoms with Crippen LogP contribution in [0.1, 0.15) is 5.69 Å². The van der Waals surface area contributed by atoms with Gasteiger partial charge < -0.3 is 15.0 Å². The fourth-order valence-electron chi connectivity index (χ4n) is 2.57. The van der Waals surface area contributed by atoms with Gasteiger partial charge in [-0.1, -0.05) is 0 Å². The van der Waals surface area contributed by atoms with Crippen molar-refractivity contribution in [3.63, 3.8) is 0 Å². The molecule has 18 heavy (non-hydrogen) atoms. The summed E-state index contributed by atoms with van der Waals surface area (Å²) in [6.07, 6.45) is 0. The van der Waals surface area contributed by atoms with E-state index in [4.69, 9.17) is 10.5 Å². The molecule has 96 valence electrons. The van der Waals surface area contributed by atoms with Gasteiger partial charge in [-0.3, -0.25) is 4.90 Å². The Bertz CT molecular complexity index is 555. The molecule has 1 saturated heterocycles. The van der Waals surface area contributed by atoms with Crippen LogP contribution in [0.4, 0.5) is 5.69 Å². The highest BCUT2D eigenvalue weighted by Gasteiger charge is 2.13. The summed E-state index contributed by atoms with van der Waals surface area (Å²) in [5.41, 5.74) is 9.23. The predicted molar refractivity (Wildman–Crippen MR) is 73.4 cm³/mol. The van der Waals surface area contributed by atoms with Gasteiger partial charge in [0.1, 0.15) is 0 Å². The number of hydrogen-bond donors (Lipinski definition) is 1. The zero-order valence-corrected chi connectivity index (χ0v) is 10.7. The Morgan fingerprint density at radius 2 is 2.00 bits per heavy atom. The van der Waals surface area contributed by atoms with E-state index in [9.17, 15) is 0 Å². The van der Waals surface area contributed by atoms with E-state index in [2.05, 4.69) is 28.6 Å². The smallest absolute Gasteiger partial charge is 0.0594 e. The summed E-state index contributed by atoms with van der Waals surface area (Å²) in [6, 6.07) is 8.33. The molecule has 0 amide bonds. The molecular weight excluding hydrogens is 226 g/mol. The molecule has 4 nitrogen and oxygen atoms in total. The van der Waals surface area contributed by atoms with Gasteiger partial charge in [0.15, 0.2) is 0 Å². The summed E-state index contributed by atoms with van der Waals surface area (Å²) < 4.78 is 7.63. The second-order valence-electron chi connectivity index (χ2n) is 4.90. The van der Waals surface area contributed by atoms with E-state index in [1.807, 2.05) is 12.1 Å². The van der Waals surface area contributed by atoms with Crippen molar-refractivity contribution in [2.45, 2.75) is 6.54 Å². The van der Waals surface area contributed by atoms with Crippen molar-refractivity contribution in [2.75, 3.05) is 32.0 Å². The highest BCUT2D eigenvalue weighted by Crippen LogP contribution is 2.22. The second kappa shape index (κ2) is 4.63. The van der Waals surface area contributed by atoms with E-state index in [-0.39, 0.29) is 0 Å². The molecule has 2 N–H and O–H groups in total. The Morgan fingerprint density at radius 3 is 2.78 bits per heavy atom. The number of nitrogens with two attached hydrogens (primary N) is 1. The van der Waals surface area contributed by atoms with Crippen molar-refractivity contribution in [3.8, 4) is 0 Å². The topological polar surface area (TPSA) is 43.4 Å². The summed E-state index contributed by atoms with van der Waals surface area (Å²) in [4.78, 5) is 2.43. The molecule has 0 saturated carbocycles. The lowest BCUT2D eigenvalue weighted by molar-refractivity contribution is 0.0333. The van der Waals surface area contributed by atoms with Crippen LogP contribution in [0.25, 0.3) is 10.9 Å². The van der Waals surface area contributed by atoms with Gasteiger partial charge in [-0.05, 0) is 24.3 Å². The van der Waals surface area contributed by atoms with Crippen LogP contribution in [-0.2, 0) is 18.3 Å². The van der Waals surface area contributed by atoms with Crippen molar-refractivity contribution in [1.29, 1.82) is 0 Å². The van der Waals surface area contributed by atoms with Crippen molar-refractivity contribution >= 4 is 16.6 Å². The number of fused-ring (bicyclic) bond motifs is 1. The highest BCUT2D eigenvalue weighted by molar-refractivity contribution is 5.84. The zero-order valence-electron chi connectivity index (χ0n) is 10.7. The van der Waals surface area contributed by atoms with Crippen LogP contribution in [0.15, 0.2) is 24.3 Å². The molecule has 4 heteroatoms. The molecule has 0 atom stereocenters. The summed E-state index contributed by atoms with van der Waals surface area (Å²) in [6.45, 7) is 4.70. The lowest BCUT2D eigenvalue weighted by Crippen LogP contribution is -2.36. The first-order valence-corrected chi connectivity index (χ1v) is 6.38. The molecule has 1 aromatic heterocycles. The molecule has 1 aromatic carbocycles. The first kappa shape index (κ1) is 11.6. The first-order chi connectivity index (χ1) is 8.74. The molecule has 0 unspecified atom stereocenters. The Balaban J connectivity index is 1.89. The number of ether oxygens (including phenoxy) is 1. The molecule has 2 aromatic rings. The van der Waals surface area contributed by atoms with Gasteiger partial charge in [0.2, 0.25) is 0 Å². The van der Waals surface area contributed by atoms with E-state index in [0.717, 1.165) is 38.5 Å². The van der Waals surface area contributed by atoms with Crippen molar-refractivity contribution in [1.82, 2.24) is 9.47 Å².